The summed E-state index contributed by atoms with van der Waals surface area (Å²) in [5, 5.41) is 2.62. The minimum atomic E-state index is -0.550. The molecule has 4 heteroatoms. The van der Waals surface area contributed by atoms with E-state index in [9.17, 15) is 4.79 Å². The van der Waals surface area contributed by atoms with Gasteiger partial charge in [0, 0.05) is 5.69 Å². The normalized spacial score (nSPS) is 9.87. The second kappa shape index (κ2) is 4.21. The van der Waals surface area contributed by atoms with Crippen molar-refractivity contribution in [1.82, 2.24) is 0 Å². The van der Waals surface area contributed by atoms with Crippen molar-refractivity contribution < 1.29 is 9.53 Å². The lowest BCUT2D eigenvalue weighted by atomic mass is 10.0. The van der Waals surface area contributed by atoms with Crippen LogP contribution < -0.4 is 15.8 Å². The fourth-order valence-electron chi connectivity index (χ4n) is 1.57. The van der Waals surface area contributed by atoms with Crippen LogP contribution in [0.2, 0.25) is 0 Å². The molecule has 0 aliphatic rings. The third-order valence-electron chi connectivity index (χ3n) is 2.52. The first-order valence-electron chi connectivity index (χ1n) is 4.68. The number of benzene rings is 1. The summed E-state index contributed by atoms with van der Waals surface area (Å²) < 4.78 is 5.22. The number of amides is 2. The molecule has 0 atom stereocenters. The van der Waals surface area contributed by atoms with Gasteiger partial charge in [0.1, 0.15) is 5.75 Å². The van der Waals surface area contributed by atoms with Crippen molar-refractivity contribution in [3.8, 4) is 5.75 Å². The lowest BCUT2D eigenvalue weighted by molar-refractivity contribution is 0.259. The lowest BCUT2D eigenvalue weighted by Crippen LogP contribution is -2.20. The molecule has 0 radical (unpaired) electrons. The maximum Gasteiger partial charge on any atom is 0.316 e. The van der Waals surface area contributed by atoms with E-state index >= 15 is 0 Å². The molecule has 1 aromatic rings. The molecule has 0 aromatic heterocycles. The van der Waals surface area contributed by atoms with Crippen LogP contribution >= 0.6 is 0 Å². The molecule has 0 aliphatic carbocycles. The quantitative estimate of drug-likeness (QED) is 0.781. The summed E-state index contributed by atoms with van der Waals surface area (Å²) >= 11 is 0. The summed E-state index contributed by atoms with van der Waals surface area (Å²) in [7, 11) is 1.63. The first-order valence-corrected chi connectivity index (χ1v) is 4.68. The van der Waals surface area contributed by atoms with E-state index in [4.69, 9.17) is 10.5 Å². The Morgan fingerprint density at radius 2 is 1.93 bits per heavy atom. The number of ether oxygens (including phenoxy) is 1. The van der Waals surface area contributed by atoms with Crippen LogP contribution in [-0.2, 0) is 0 Å². The van der Waals surface area contributed by atoms with Crippen molar-refractivity contribution in [3.05, 3.63) is 22.8 Å². The first kappa shape index (κ1) is 11.4. The zero-order valence-electron chi connectivity index (χ0n) is 9.47. The number of urea groups is 1. The first-order chi connectivity index (χ1) is 6.97. The Labute approximate surface area is 89.4 Å². The predicted octanol–water partition coefficient (Wildman–Crippen LogP) is 2.11. The van der Waals surface area contributed by atoms with E-state index in [0.29, 0.717) is 0 Å². The second-order valence-corrected chi connectivity index (χ2v) is 3.51. The Balaban J connectivity index is 3.29. The highest BCUT2D eigenvalue weighted by atomic mass is 16.5. The van der Waals surface area contributed by atoms with Gasteiger partial charge < -0.3 is 15.8 Å². The molecule has 0 aliphatic heterocycles. The number of carbonyl (C=O) groups is 1. The number of rotatable bonds is 2. The maximum absolute atomic E-state index is 10.8. The van der Waals surface area contributed by atoms with Gasteiger partial charge in [0.25, 0.3) is 0 Å². The van der Waals surface area contributed by atoms with E-state index in [1.807, 2.05) is 26.8 Å². The van der Waals surface area contributed by atoms with E-state index in [1.165, 1.54) is 0 Å². The Morgan fingerprint density at radius 3 is 2.40 bits per heavy atom. The molecule has 0 fully saturated rings. The molecular weight excluding hydrogens is 192 g/mol. The van der Waals surface area contributed by atoms with Gasteiger partial charge in [0.15, 0.2) is 0 Å². The number of hydrogen-bond donors (Lipinski definition) is 2. The van der Waals surface area contributed by atoms with Gasteiger partial charge in [-0.2, -0.15) is 0 Å². The van der Waals surface area contributed by atoms with E-state index < -0.39 is 6.03 Å². The Morgan fingerprint density at radius 1 is 1.33 bits per heavy atom. The molecule has 0 saturated carbocycles. The average molecular weight is 208 g/mol. The summed E-state index contributed by atoms with van der Waals surface area (Å²) in [6.07, 6.45) is 0. The van der Waals surface area contributed by atoms with Crippen molar-refractivity contribution in [1.29, 1.82) is 0 Å². The summed E-state index contributed by atoms with van der Waals surface area (Å²) in [6, 6.07) is 1.33. The van der Waals surface area contributed by atoms with Gasteiger partial charge in [-0.05, 0) is 43.5 Å². The molecular formula is C11H16N2O2. The topological polar surface area (TPSA) is 64.3 Å². The summed E-state index contributed by atoms with van der Waals surface area (Å²) in [4.78, 5) is 10.8. The fourth-order valence-corrected chi connectivity index (χ4v) is 1.57. The van der Waals surface area contributed by atoms with Crippen molar-refractivity contribution in [2.75, 3.05) is 12.4 Å². The monoisotopic (exact) mass is 208 g/mol. The Kier molecular flexibility index (Phi) is 3.19. The van der Waals surface area contributed by atoms with Crippen molar-refractivity contribution in [3.63, 3.8) is 0 Å². The number of aryl methyl sites for hydroxylation is 1. The van der Waals surface area contributed by atoms with Crippen LogP contribution in [0.3, 0.4) is 0 Å². The van der Waals surface area contributed by atoms with E-state index in [2.05, 4.69) is 5.32 Å². The molecule has 0 heterocycles. The summed E-state index contributed by atoms with van der Waals surface area (Å²) in [5.74, 6) is 0.819. The molecule has 0 saturated heterocycles. The molecule has 15 heavy (non-hydrogen) atoms. The highest BCUT2D eigenvalue weighted by Crippen LogP contribution is 2.30. The van der Waals surface area contributed by atoms with Gasteiger partial charge in [-0.3, -0.25) is 0 Å². The number of primary amides is 1. The molecule has 2 amide bonds. The van der Waals surface area contributed by atoms with Crippen molar-refractivity contribution in [2.45, 2.75) is 20.8 Å². The van der Waals surface area contributed by atoms with Gasteiger partial charge in [-0.1, -0.05) is 0 Å². The number of anilines is 1. The van der Waals surface area contributed by atoms with Gasteiger partial charge in [-0.25, -0.2) is 4.79 Å². The highest BCUT2D eigenvalue weighted by molar-refractivity contribution is 5.90. The third kappa shape index (κ3) is 2.21. The number of nitrogens with two attached hydrogens (primary N) is 1. The number of carbonyl (C=O) groups excluding carboxylic acids is 1. The number of hydrogen-bond acceptors (Lipinski definition) is 2. The van der Waals surface area contributed by atoms with Gasteiger partial charge in [0.05, 0.1) is 7.11 Å². The van der Waals surface area contributed by atoms with Crippen LogP contribution in [0.5, 0.6) is 5.75 Å². The van der Waals surface area contributed by atoms with Crippen LogP contribution in [0, 0.1) is 20.8 Å². The fraction of sp³-hybridized carbons (Fsp3) is 0.364. The van der Waals surface area contributed by atoms with Crippen LogP contribution in [0.1, 0.15) is 16.7 Å². The summed E-state index contributed by atoms with van der Waals surface area (Å²) in [6.45, 7) is 5.77. The second-order valence-electron chi connectivity index (χ2n) is 3.51. The van der Waals surface area contributed by atoms with Crippen LogP contribution in [0.25, 0.3) is 0 Å². The molecule has 3 N–H and O–H groups in total. The minimum Gasteiger partial charge on any atom is -0.496 e. The van der Waals surface area contributed by atoms with Gasteiger partial charge >= 0.3 is 6.03 Å². The number of methoxy groups -OCH3 is 1. The highest BCUT2D eigenvalue weighted by Gasteiger charge is 2.11. The van der Waals surface area contributed by atoms with Crippen LogP contribution in [-0.4, -0.2) is 13.1 Å². The summed E-state index contributed by atoms with van der Waals surface area (Å²) in [5.41, 5.74) is 8.79. The van der Waals surface area contributed by atoms with Crippen molar-refractivity contribution >= 4 is 11.7 Å². The van der Waals surface area contributed by atoms with Crippen LogP contribution in [0.15, 0.2) is 6.07 Å². The zero-order chi connectivity index (χ0) is 11.6. The molecule has 0 bridgehead atoms. The standard InChI is InChI=1S/C11H16N2O2/c1-6-5-9(15-4)7(2)8(3)10(6)13-11(12)14/h5H,1-4H3,(H3,12,13,14). The lowest BCUT2D eigenvalue weighted by Gasteiger charge is -2.15. The van der Waals surface area contributed by atoms with Crippen LogP contribution in [0.4, 0.5) is 10.5 Å². The Bertz CT molecular complexity index is 400. The number of nitrogens with one attached hydrogen (secondary N) is 1. The van der Waals surface area contributed by atoms with Gasteiger partial charge in [0.2, 0.25) is 0 Å². The average Bonchev–Trinajstić information content (AvgIpc) is 2.18. The molecule has 1 rings (SSSR count). The molecule has 4 nitrogen and oxygen atoms in total. The molecule has 82 valence electrons. The maximum atomic E-state index is 10.8. The van der Waals surface area contributed by atoms with E-state index in [1.54, 1.807) is 7.11 Å². The largest absolute Gasteiger partial charge is 0.496 e. The van der Waals surface area contributed by atoms with Gasteiger partial charge in [-0.15, -0.1) is 0 Å². The predicted molar refractivity (Wildman–Crippen MR) is 60.4 cm³/mol. The SMILES string of the molecule is COc1cc(C)c(NC(N)=O)c(C)c1C. The van der Waals surface area contributed by atoms with Crippen molar-refractivity contribution in [2.24, 2.45) is 5.73 Å². The zero-order valence-corrected chi connectivity index (χ0v) is 9.47. The smallest absolute Gasteiger partial charge is 0.316 e. The van der Waals surface area contributed by atoms with E-state index in [-0.39, 0.29) is 0 Å². The minimum absolute atomic E-state index is 0.550. The third-order valence-corrected chi connectivity index (χ3v) is 2.52. The Hall–Kier alpha value is -1.71. The molecule has 0 unspecified atom stereocenters. The molecule has 1 aromatic carbocycles. The molecule has 0 spiro atoms. The van der Waals surface area contributed by atoms with E-state index in [0.717, 1.165) is 28.1 Å².